The molecule has 1 aliphatic heterocycles. The Morgan fingerprint density at radius 3 is 1.93 bits per heavy atom. The average Bonchev–Trinajstić information content (AvgIpc) is 2.72. The maximum Gasteiger partial charge on any atom is 0.321 e. The molecular formula is C24H23NO2. The van der Waals surface area contributed by atoms with Crippen molar-refractivity contribution in [3.05, 3.63) is 107 Å². The fourth-order valence-corrected chi connectivity index (χ4v) is 4.02. The number of hydrogen-bond acceptors (Lipinski definition) is 2. The number of fused-ring (bicyclic) bond motifs is 1. The largest absolute Gasteiger partial charge is 0.480 e. The average molecular weight is 357 g/mol. The lowest BCUT2D eigenvalue weighted by Crippen LogP contribution is -2.47. The van der Waals surface area contributed by atoms with Gasteiger partial charge < -0.3 is 5.11 Å². The normalized spacial score (nSPS) is 16.9. The van der Waals surface area contributed by atoms with E-state index >= 15 is 0 Å². The highest BCUT2D eigenvalue weighted by atomic mass is 16.4. The summed E-state index contributed by atoms with van der Waals surface area (Å²) in [6.07, 6.45) is 0.557. The van der Waals surface area contributed by atoms with E-state index in [2.05, 4.69) is 41.3 Å². The van der Waals surface area contributed by atoms with Crippen molar-refractivity contribution in [3.8, 4) is 0 Å². The molecule has 0 fully saturated rings. The van der Waals surface area contributed by atoms with Gasteiger partial charge in [0.25, 0.3) is 0 Å². The van der Waals surface area contributed by atoms with E-state index in [0.29, 0.717) is 19.5 Å². The third-order valence-electron chi connectivity index (χ3n) is 5.45. The molecule has 3 heteroatoms. The second-order valence-corrected chi connectivity index (χ2v) is 7.13. The molecule has 27 heavy (non-hydrogen) atoms. The third kappa shape index (κ3) is 3.79. The molecule has 1 atom stereocenters. The molecule has 3 aromatic rings. The van der Waals surface area contributed by atoms with Crippen LogP contribution in [0.15, 0.2) is 84.9 Å². The van der Waals surface area contributed by atoms with Crippen LogP contribution in [0.3, 0.4) is 0 Å². The molecule has 0 aliphatic carbocycles. The summed E-state index contributed by atoms with van der Waals surface area (Å²) in [4.78, 5) is 14.1. The molecule has 0 saturated carbocycles. The Bertz CT molecular complexity index is 868. The van der Waals surface area contributed by atoms with Crippen LogP contribution in [0.2, 0.25) is 0 Å². The minimum absolute atomic E-state index is 0.138. The van der Waals surface area contributed by atoms with Gasteiger partial charge in [0.15, 0.2) is 0 Å². The van der Waals surface area contributed by atoms with Gasteiger partial charge in [0.1, 0.15) is 6.04 Å². The molecule has 0 radical (unpaired) electrons. The van der Waals surface area contributed by atoms with Crippen molar-refractivity contribution in [2.24, 2.45) is 0 Å². The molecule has 136 valence electrons. The molecule has 0 spiro atoms. The summed E-state index contributed by atoms with van der Waals surface area (Å²) in [5.41, 5.74) is 4.81. The lowest BCUT2D eigenvalue weighted by Gasteiger charge is -2.37. The van der Waals surface area contributed by atoms with E-state index in [1.807, 2.05) is 48.5 Å². The van der Waals surface area contributed by atoms with Crippen LogP contribution in [0.5, 0.6) is 0 Å². The quantitative estimate of drug-likeness (QED) is 0.739. The molecule has 0 saturated heterocycles. The zero-order chi connectivity index (χ0) is 18.6. The Hall–Kier alpha value is -2.91. The Labute approximate surface area is 159 Å². The highest BCUT2D eigenvalue weighted by Gasteiger charge is 2.33. The van der Waals surface area contributed by atoms with E-state index in [9.17, 15) is 9.90 Å². The smallest absolute Gasteiger partial charge is 0.321 e. The highest BCUT2D eigenvalue weighted by molar-refractivity contribution is 5.74. The molecule has 0 amide bonds. The fourth-order valence-electron chi connectivity index (χ4n) is 4.02. The van der Waals surface area contributed by atoms with Gasteiger partial charge in [0.2, 0.25) is 0 Å². The number of nitrogens with zero attached hydrogens (tertiary/aromatic N) is 1. The van der Waals surface area contributed by atoms with Gasteiger partial charge in [-0.15, -0.1) is 0 Å². The number of rotatable bonds is 5. The SMILES string of the molecule is O=C(O)[C@@H]1Cc2ccccc2CN1CC(c1ccccc1)c1ccccc1. The Balaban J connectivity index is 1.68. The fraction of sp³-hybridized carbons (Fsp3) is 0.208. The number of aliphatic carboxylic acids is 1. The van der Waals surface area contributed by atoms with E-state index < -0.39 is 12.0 Å². The monoisotopic (exact) mass is 357 g/mol. The standard InChI is InChI=1S/C24H23NO2/c26-24(27)23-15-20-13-7-8-14-21(20)16-25(23)17-22(18-9-3-1-4-10-18)19-11-5-2-6-12-19/h1-14,22-23H,15-17H2,(H,26,27)/t23-/m0/s1. The Morgan fingerprint density at radius 1 is 0.852 bits per heavy atom. The van der Waals surface area contributed by atoms with Crippen LogP contribution in [0.1, 0.15) is 28.2 Å². The first-order chi connectivity index (χ1) is 13.2. The Morgan fingerprint density at radius 2 is 1.37 bits per heavy atom. The van der Waals surface area contributed by atoms with Crippen LogP contribution >= 0.6 is 0 Å². The van der Waals surface area contributed by atoms with Crippen molar-refractivity contribution in [1.82, 2.24) is 4.90 Å². The molecule has 3 nitrogen and oxygen atoms in total. The molecule has 4 rings (SSSR count). The predicted octanol–water partition coefficient (Wildman–Crippen LogP) is 4.33. The lowest BCUT2D eigenvalue weighted by atomic mass is 9.88. The highest BCUT2D eigenvalue weighted by Crippen LogP contribution is 2.30. The van der Waals surface area contributed by atoms with Crippen molar-refractivity contribution in [2.45, 2.75) is 24.9 Å². The van der Waals surface area contributed by atoms with Crippen molar-refractivity contribution in [2.75, 3.05) is 6.54 Å². The summed E-state index contributed by atoms with van der Waals surface area (Å²) in [5.74, 6) is -0.608. The molecular weight excluding hydrogens is 334 g/mol. The van der Waals surface area contributed by atoms with E-state index in [1.165, 1.54) is 16.7 Å². The topological polar surface area (TPSA) is 40.5 Å². The van der Waals surface area contributed by atoms with Crippen molar-refractivity contribution in [1.29, 1.82) is 0 Å². The number of carbonyl (C=O) groups is 1. The molecule has 0 unspecified atom stereocenters. The van der Waals surface area contributed by atoms with Gasteiger partial charge >= 0.3 is 5.97 Å². The van der Waals surface area contributed by atoms with Crippen molar-refractivity contribution in [3.63, 3.8) is 0 Å². The van der Waals surface area contributed by atoms with E-state index in [4.69, 9.17) is 0 Å². The van der Waals surface area contributed by atoms with Gasteiger partial charge in [-0.05, 0) is 28.7 Å². The van der Waals surface area contributed by atoms with Gasteiger partial charge in [-0.2, -0.15) is 0 Å². The van der Waals surface area contributed by atoms with Crippen LogP contribution in [0.4, 0.5) is 0 Å². The van der Waals surface area contributed by atoms with E-state index in [1.54, 1.807) is 0 Å². The van der Waals surface area contributed by atoms with E-state index in [-0.39, 0.29) is 5.92 Å². The summed E-state index contributed by atoms with van der Waals surface area (Å²) < 4.78 is 0. The molecule has 3 aromatic carbocycles. The van der Waals surface area contributed by atoms with Gasteiger partial charge in [0.05, 0.1) is 0 Å². The minimum Gasteiger partial charge on any atom is -0.480 e. The van der Waals surface area contributed by atoms with Gasteiger partial charge in [-0.1, -0.05) is 84.9 Å². The van der Waals surface area contributed by atoms with Crippen LogP contribution < -0.4 is 0 Å². The molecule has 1 aliphatic rings. The van der Waals surface area contributed by atoms with Crippen LogP contribution in [0, 0.1) is 0 Å². The van der Waals surface area contributed by atoms with E-state index in [0.717, 1.165) is 5.56 Å². The maximum atomic E-state index is 12.0. The number of hydrogen-bond donors (Lipinski definition) is 1. The van der Waals surface area contributed by atoms with Crippen LogP contribution in [-0.2, 0) is 17.8 Å². The zero-order valence-corrected chi connectivity index (χ0v) is 15.2. The molecule has 0 aromatic heterocycles. The first-order valence-corrected chi connectivity index (χ1v) is 9.36. The lowest BCUT2D eigenvalue weighted by molar-refractivity contribution is -0.144. The predicted molar refractivity (Wildman–Crippen MR) is 107 cm³/mol. The van der Waals surface area contributed by atoms with Gasteiger partial charge in [-0.3, -0.25) is 9.69 Å². The van der Waals surface area contributed by atoms with Gasteiger partial charge in [0, 0.05) is 19.0 Å². The zero-order valence-electron chi connectivity index (χ0n) is 15.2. The molecule has 0 bridgehead atoms. The molecule has 1 N–H and O–H groups in total. The summed E-state index contributed by atoms with van der Waals surface area (Å²) in [7, 11) is 0. The minimum atomic E-state index is -0.746. The van der Waals surface area contributed by atoms with Crippen LogP contribution in [-0.4, -0.2) is 28.6 Å². The summed E-state index contributed by atoms with van der Waals surface area (Å²) in [5, 5.41) is 9.85. The first-order valence-electron chi connectivity index (χ1n) is 9.36. The number of carboxylic acids is 1. The maximum absolute atomic E-state index is 12.0. The first kappa shape index (κ1) is 17.5. The van der Waals surface area contributed by atoms with Gasteiger partial charge in [-0.25, -0.2) is 0 Å². The second-order valence-electron chi connectivity index (χ2n) is 7.13. The van der Waals surface area contributed by atoms with Crippen molar-refractivity contribution >= 4 is 5.97 Å². The summed E-state index contributed by atoms with van der Waals surface area (Å²) in [6, 6.07) is 28.4. The third-order valence-corrected chi connectivity index (χ3v) is 5.45. The second kappa shape index (κ2) is 7.77. The number of benzene rings is 3. The van der Waals surface area contributed by atoms with Crippen molar-refractivity contribution < 1.29 is 9.90 Å². The molecule has 1 heterocycles. The number of carboxylic acid groups (broad SMARTS) is 1. The Kier molecular flexibility index (Phi) is 5.03. The summed E-state index contributed by atoms with van der Waals surface area (Å²) in [6.45, 7) is 1.35. The van der Waals surface area contributed by atoms with Crippen LogP contribution in [0.25, 0.3) is 0 Å². The summed E-state index contributed by atoms with van der Waals surface area (Å²) >= 11 is 0.